The average molecular weight is 503 g/mol. The van der Waals surface area contributed by atoms with Crippen molar-refractivity contribution >= 4 is 39.1 Å². The van der Waals surface area contributed by atoms with E-state index in [1.54, 1.807) is 55.1 Å². The van der Waals surface area contributed by atoms with E-state index < -0.39 is 10.0 Å². The van der Waals surface area contributed by atoms with E-state index in [1.807, 2.05) is 43.3 Å². The van der Waals surface area contributed by atoms with E-state index in [2.05, 4.69) is 28.2 Å². The summed E-state index contributed by atoms with van der Waals surface area (Å²) in [5.74, 6) is 0.461. The third kappa shape index (κ3) is 6.32. The van der Waals surface area contributed by atoms with Crippen molar-refractivity contribution in [1.29, 1.82) is 0 Å². The lowest BCUT2D eigenvalue weighted by Gasteiger charge is -2.13. The van der Waals surface area contributed by atoms with Gasteiger partial charge < -0.3 is 5.32 Å². The maximum Gasteiger partial charge on any atom is 0.262 e. The van der Waals surface area contributed by atoms with Gasteiger partial charge in [-0.05, 0) is 73.0 Å². The molecule has 7 heteroatoms. The number of hydrogen-bond donors (Lipinski definition) is 2. The lowest BCUT2D eigenvalue weighted by Crippen LogP contribution is -2.17. The van der Waals surface area contributed by atoms with E-state index in [-0.39, 0.29) is 16.4 Å². The van der Waals surface area contributed by atoms with Crippen LogP contribution in [0.5, 0.6) is 0 Å². The third-order valence-corrected chi connectivity index (χ3v) is 8.06. The van der Waals surface area contributed by atoms with Gasteiger partial charge in [0.15, 0.2) is 0 Å². The van der Waals surface area contributed by atoms with Gasteiger partial charge in [0.1, 0.15) is 0 Å². The number of para-hydroxylation sites is 1. The molecule has 0 aromatic heterocycles. The number of aryl methyl sites for hydroxylation is 2. The Morgan fingerprint density at radius 2 is 1.49 bits per heavy atom. The fraction of sp³-hybridized carbons (Fsp3) is 0.107. The van der Waals surface area contributed by atoms with Gasteiger partial charge >= 0.3 is 0 Å². The van der Waals surface area contributed by atoms with Crippen LogP contribution in [0.25, 0.3) is 0 Å². The first-order valence-electron chi connectivity index (χ1n) is 11.1. The summed E-state index contributed by atoms with van der Waals surface area (Å²) in [6.45, 7) is 3.65. The molecule has 0 unspecified atom stereocenters. The molecule has 35 heavy (non-hydrogen) atoms. The summed E-state index contributed by atoms with van der Waals surface area (Å²) in [5, 5.41) is 2.91. The molecule has 2 N–H and O–H groups in total. The molecule has 0 aliphatic carbocycles. The molecule has 4 rings (SSSR count). The Hall–Kier alpha value is -3.55. The van der Waals surface area contributed by atoms with Gasteiger partial charge in [-0.2, -0.15) is 0 Å². The number of anilines is 2. The predicted octanol–water partition coefficient (Wildman–Crippen LogP) is 6.65. The smallest absolute Gasteiger partial charge is 0.262 e. The number of carbonyl (C=O) groups excluding carboxylic acids is 1. The van der Waals surface area contributed by atoms with E-state index in [0.29, 0.717) is 16.9 Å². The van der Waals surface area contributed by atoms with Crippen molar-refractivity contribution < 1.29 is 13.2 Å². The number of rotatable bonds is 8. The molecule has 5 nitrogen and oxygen atoms in total. The highest BCUT2D eigenvalue weighted by atomic mass is 32.2. The molecule has 0 radical (unpaired) electrons. The van der Waals surface area contributed by atoms with E-state index in [1.165, 1.54) is 11.0 Å². The average Bonchev–Trinajstić information content (AvgIpc) is 2.85. The van der Waals surface area contributed by atoms with Crippen molar-refractivity contribution in [3.63, 3.8) is 0 Å². The maximum absolute atomic E-state index is 13.0. The number of amides is 1. The zero-order valence-corrected chi connectivity index (χ0v) is 21.1. The van der Waals surface area contributed by atoms with Gasteiger partial charge in [-0.25, -0.2) is 8.42 Å². The van der Waals surface area contributed by atoms with Gasteiger partial charge in [0.25, 0.3) is 15.9 Å². The summed E-state index contributed by atoms with van der Waals surface area (Å²) in [6, 6.07) is 29.5. The van der Waals surface area contributed by atoms with Crippen LogP contribution in [0.2, 0.25) is 0 Å². The van der Waals surface area contributed by atoms with Crippen molar-refractivity contribution in [3.8, 4) is 0 Å². The summed E-state index contributed by atoms with van der Waals surface area (Å²) < 4.78 is 28.5. The van der Waals surface area contributed by atoms with E-state index in [4.69, 9.17) is 0 Å². The van der Waals surface area contributed by atoms with E-state index in [9.17, 15) is 13.2 Å². The fourth-order valence-corrected chi connectivity index (χ4v) is 5.77. The quantitative estimate of drug-likeness (QED) is 0.265. The minimum atomic E-state index is -3.85. The summed E-state index contributed by atoms with van der Waals surface area (Å²) in [7, 11) is -3.85. The molecule has 0 fully saturated rings. The standard InChI is InChI=1S/C28H26N2O3S2/c1-20-13-15-23(18-27(20)35(32,33)30-24-9-5-3-6-10-24)28(31)29-26-16-14-22(17-21(26)2)19-34-25-11-7-4-8-12-25/h3-18,30H,19H2,1-2H3,(H,29,31). The van der Waals surface area contributed by atoms with Gasteiger partial charge in [0.2, 0.25) is 0 Å². The van der Waals surface area contributed by atoms with Gasteiger partial charge in [0.05, 0.1) is 4.90 Å². The molecular weight excluding hydrogens is 476 g/mol. The van der Waals surface area contributed by atoms with Crippen molar-refractivity contribution in [2.45, 2.75) is 29.4 Å². The number of carbonyl (C=O) groups is 1. The highest BCUT2D eigenvalue weighted by Crippen LogP contribution is 2.26. The van der Waals surface area contributed by atoms with Crippen LogP contribution >= 0.6 is 11.8 Å². The highest BCUT2D eigenvalue weighted by molar-refractivity contribution is 7.98. The van der Waals surface area contributed by atoms with Gasteiger partial charge in [-0.15, -0.1) is 11.8 Å². The summed E-state index contributed by atoms with van der Waals surface area (Å²) in [5.41, 5.74) is 4.08. The van der Waals surface area contributed by atoms with Crippen molar-refractivity contribution in [2.75, 3.05) is 10.0 Å². The van der Waals surface area contributed by atoms with Crippen LogP contribution < -0.4 is 10.0 Å². The molecule has 0 spiro atoms. The molecule has 0 saturated heterocycles. The number of thioether (sulfide) groups is 1. The first kappa shape index (κ1) is 24.6. The van der Waals surface area contributed by atoms with Crippen LogP contribution in [-0.4, -0.2) is 14.3 Å². The van der Waals surface area contributed by atoms with Crippen LogP contribution in [-0.2, 0) is 15.8 Å². The Morgan fingerprint density at radius 1 is 0.800 bits per heavy atom. The molecule has 4 aromatic rings. The minimum absolute atomic E-state index is 0.0685. The van der Waals surface area contributed by atoms with Crippen LogP contribution in [0, 0.1) is 13.8 Å². The topological polar surface area (TPSA) is 75.3 Å². The Labute approximate surface area is 210 Å². The number of hydrogen-bond acceptors (Lipinski definition) is 4. The van der Waals surface area contributed by atoms with Crippen LogP contribution in [0.3, 0.4) is 0 Å². The molecular formula is C28H26N2O3S2. The zero-order valence-electron chi connectivity index (χ0n) is 19.5. The normalized spacial score (nSPS) is 11.1. The monoisotopic (exact) mass is 502 g/mol. The summed E-state index contributed by atoms with van der Waals surface area (Å²) in [6.07, 6.45) is 0. The Bertz CT molecular complexity index is 1440. The van der Waals surface area contributed by atoms with E-state index in [0.717, 1.165) is 16.9 Å². The third-order valence-electron chi connectivity index (χ3n) is 5.45. The molecule has 0 aliphatic heterocycles. The lowest BCUT2D eigenvalue weighted by molar-refractivity contribution is 0.102. The Kier molecular flexibility index (Phi) is 7.58. The molecule has 0 heterocycles. The molecule has 0 saturated carbocycles. The largest absolute Gasteiger partial charge is 0.322 e. The van der Waals surface area contributed by atoms with Gasteiger partial charge in [-0.1, -0.05) is 54.6 Å². The van der Waals surface area contributed by atoms with E-state index >= 15 is 0 Å². The van der Waals surface area contributed by atoms with Gasteiger partial charge in [-0.3, -0.25) is 9.52 Å². The van der Waals surface area contributed by atoms with Crippen LogP contribution in [0.15, 0.2) is 107 Å². The first-order valence-corrected chi connectivity index (χ1v) is 13.6. The molecule has 178 valence electrons. The first-order chi connectivity index (χ1) is 16.8. The number of nitrogens with one attached hydrogen (secondary N) is 2. The molecule has 0 bridgehead atoms. The van der Waals surface area contributed by atoms with Crippen molar-refractivity contribution in [1.82, 2.24) is 0 Å². The second-order valence-electron chi connectivity index (χ2n) is 8.16. The Morgan fingerprint density at radius 3 is 2.17 bits per heavy atom. The van der Waals surface area contributed by atoms with Crippen molar-refractivity contribution in [3.05, 3.63) is 119 Å². The summed E-state index contributed by atoms with van der Waals surface area (Å²) >= 11 is 1.75. The van der Waals surface area contributed by atoms with Crippen LogP contribution in [0.4, 0.5) is 11.4 Å². The zero-order chi connectivity index (χ0) is 24.8. The lowest BCUT2D eigenvalue weighted by atomic mass is 10.1. The van der Waals surface area contributed by atoms with Crippen LogP contribution in [0.1, 0.15) is 27.0 Å². The summed E-state index contributed by atoms with van der Waals surface area (Å²) in [4.78, 5) is 14.3. The second-order valence-corrected chi connectivity index (χ2v) is 10.9. The van der Waals surface area contributed by atoms with Crippen molar-refractivity contribution in [2.24, 2.45) is 0 Å². The predicted molar refractivity (Wildman–Crippen MR) is 144 cm³/mol. The number of sulfonamides is 1. The second kappa shape index (κ2) is 10.8. The Balaban J connectivity index is 1.48. The molecule has 0 atom stereocenters. The molecule has 4 aromatic carbocycles. The maximum atomic E-state index is 13.0. The molecule has 0 aliphatic rings. The van der Waals surface area contributed by atoms with Gasteiger partial charge in [0, 0.05) is 27.6 Å². The SMILES string of the molecule is Cc1cc(CSc2ccccc2)ccc1NC(=O)c1ccc(C)c(S(=O)(=O)Nc2ccccc2)c1. The minimum Gasteiger partial charge on any atom is -0.322 e. The highest BCUT2D eigenvalue weighted by Gasteiger charge is 2.20. The molecule has 1 amide bonds. The number of benzene rings is 4. The fourth-order valence-electron chi connectivity index (χ4n) is 3.58.